The lowest BCUT2D eigenvalue weighted by Gasteiger charge is -2.06. The van der Waals surface area contributed by atoms with E-state index < -0.39 is 5.97 Å². The number of aliphatic carboxylic acids is 1. The summed E-state index contributed by atoms with van der Waals surface area (Å²) in [7, 11) is 0. The molecule has 1 aliphatic carbocycles. The summed E-state index contributed by atoms with van der Waals surface area (Å²) in [5.41, 5.74) is 1.81. The zero-order chi connectivity index (χ0) is 11.5. The van der Waals surface area contributed by atoms with Crippen molar-refractivity contribution in [1.82, 2.24) is 0 Å². The maximum atomic E-state index is 11.8. The van der Waals surface area contributed by atoms with E-state index >= 15 is 0 Å². The first-order chi connectivity index (χ1) is 7.68. The number of carboxylic acid groups (broad SMARTS) is 1. The maximum Gasteiger partial charge on any atom is 0.303 e. The maximum absolute atomic E-state index is 11.8. The van der Waals surface area contributed by atoms with E-state index in [1.165, 1.54) is 0 Å². The first-order valence-electron chi connectivity index (χ1n) is 5.52. The summed E-state index contributed by atoms with van der Waals surface area (Å²) in [6, 6.07) is 7.55. The zero-order valence-corrected chi connectivity index (χ0v) is 8.98. The van der Waals surface area contributed by atoms with Gasteiger partial charge in [0.1, 0.15) is 0 Å². The van der Waals surface area contributed by atoms with Crippen molar-refractivity contribution in [2.45, 2.75) is 31.6 Å². The molecule has 0 unspecified atom stereocenters. The van der Waals surface area contributed by atoms with Crippen molar-refractivity contribution in [3.8, 4) is 0 Å². The predicted molar refractivity (Wildman–Crippen MR) is 59.6 cm³/mol. The van der Waals surface area contributed by atoms with Gasteiger partial charge in [-0.25, -0.2) is 0 Å². The first-order valence-corrected chi connectivity index (χ1v) is 5.52. The molecule has 1 aliphatic rings. The van der Waals surface area contributed by atoms with E-state index in [4.69, 9.17) is 5.11 Å². The lowest BCUT2D eigenvalue weighted by molar-refractivity contribution is -0.136. The van der Waals surface area contributed by atoms with E-state index in [1.807, 2.05) is 18.2 Å². The number of carbonyl (C=O) groups excluding carboxylic acids is 1. The van der Waals surface area contributed by atoms with Crippen LogP contribution < -0.4 is 0 Å². The van der Waals surface area contributed by atoms with Crippen LogP contribution in [0.5, 0.6) is 0 Å². The molecule has 0 bridgehead atoms. The van der Waals surface area contributed by atoms with Crippen molar-refractivity contribution < 1.29 is 14.7 Å². The van der Waals surface area contributed by atoms with Gasteiger partial charge in [-0.2, -0.15) is 0 Å². The summed E-state index contributed by atoms with van der Waals surface area (Å²) in [5.74, 6) is -0.452. The molecule has 0 heterocycles. The Balaban J connectivity index is 2.12. The van der Waals surface area contributed by atoms with E-state index in [1.54, 1.807) is 6.07 Å². The summed E-state index contributed by atoms with van der Waals surface area (Å²) in [4.78, 5) is 22.3. The van der Waals surface area contributed by atoms with Crippen LogP contribution in [0.1, 0.15) is 47.5 Å². The summed E-state index contributed by atoms with van der Waals surface area (Å²) >= 11 is 0. The summed E-state index contributed by atoms with van der Waals surface area (Å²) in [5, 5.41) is 8.55. The third-order valence-corrected chi connectivity index (χ3v) is 2.84. The average molecular weight is 218 g/mol. The molecule has 1 N–H and O–H groups in total. The van der Waals surface area contributed by atoms with Crippen molar-refractivity contribution in [2.24, 2.45) is 0 Å². The fourth-order valence-electron chi connectivity index (χ4n) is 1.86. The molecule has 0 amide bonds. The molecule has 1 fully saturated rings. The highest BCUT2D eigenvalue weighted by atomic mass is 16.4. The SMILES string of the molecule is O=C(O)CCC(=O)c1ccccc1C1CC1. The van der Waals surface area contributed by atoms with Crippen LogP contribution in [-0.4, -0.2) is 16.9 Å². The van der Waals surface area contributed by atoms with Gasteiger partial charge < -0.3 is 5.11 Å². The Kier molecular flexibility index (Phi) is 3.04. The molecular formula is C13H14O3. The molecule has 0 aromatic heterocycles. The molecule has 0 atom stereocenters. The van der Waals surface area contributed by atoms with Crippen LogP contribution >= 0.6 is 0 Å². The number of Topliss-reactive ketones (excluding diaryl/α,β-unsaturated/α-hetero) is 1. The minimum atomic E-state index is -0.919. The minimum absolute atomic E-state index is 0.0510. The van der Waals surface area contributed by atoms with Crippen LogP contribution in [0.4, 0.5) is 0 Å². The zero-order valence-electron chi connectivity index (χ0n) is 8.98. The quantitative estimate of drug-likeness (QED) is 0.773. The third kappa shape index (κ3) is 2.48. The van der Waals surface area contributed by atoms with Gasteiger partial charge in [0.2, 0.25) is 0 Å². The Morgan fingerprint density at radius 3 is 2.50 bits per heavy atom. The van der Waals surface area contributed by atoms with Crippen LogP contribution in [0.3, 0.4) is 0 Å². The van der Waals surface area contributed by atoms with Gasteiger partial charge in [-0.1, -0.05) is 24.3 Å². The molecule has 0 saturated heterocycles. The number of hydrogen-bond donors (Lipinski definition) is 1. The number of rotatable bonds is 5. The van der Waals surface area contributed by atoms with E-state index in [-0.39, 0.29) is 18.6 Å². The Morgan fingerprint density at radius 1 is 1.19 bits per heavy atom. The van der Waals surface area contributed by atoms with Gasteiger partial charge in [0.15, 0.2) is 5.78 Å². The van der Waals surface area contributed by atoms with Crippen molar-refractivity contribution in [1.29, 1.82) is 0 Å². The Morgan fingerprint density at radius 2 is 1.88 bits per heavy atom. The Labute approximate surface area is 94.1 Å². The van der Waals surface area contributed by atoms with E-state index in [0.717, 1.165) is 18.4 Å². The van der Waals surface area contributed by atoms with E-state index in [0.29, 0.717) is 11.5 Å². The molecule has 1 aromatic carbocycles. The monoisotopic (exact) mass is 218 g/mol. The second-order valence-electron chi connectivity index (χ2n) is 4.18. The molecular weight excluding hydrogens is 204 g/mol. The molecule has 0 radical (unpaired) electrons. The molecule has 84 valence electrons. The van der Waals surface area contributed by atoms with Crippen molar-refractivity contribution in [3.05, 3.63) is 35.4 Å². The summed E-state index contributed by atoms with van der Waals surface area (Å²) in [6.07, 6.45) is 2.29. The Hall–Kier alpha value is -1.64. The fourth-order valence-corrected chi connectivity index (χ4v) is 1.86. The second-order valence-corrected chi connectivity index (χ2v) is 4.18. The van der Waals surface area contributed by atoms with Crippen LogP contribution in [0.25, 0.3) is 0 Å². The predicted octanol–water partition coefficient (Wildman–Crippen LogP) is 2.61. The second kappa shape index (κ2) is 4.47. The van der Waals surface area contributed by atoms with Gasteiger partial charge in [-0.15, -0.1) is 0 Å². The number of hydrogen-bond acceptors (Lipinski definition) is 2. The van der Waals surface area contributed by atoms with Gasteiger partial charge in [0, 0.05) is 12.0 Å². The number of benzene rings is 1. The van der Waals surface area contributed by atoms with Crippen molar-refractivity contribution in [2.75, 3.05) is 0 Å². The normalized spacial score (nSPS) is 14.8. The molecule has 3 heteroatoms. The third-order valence-electron chi connectivity index (χ3n) is 2.84. The molecule has 1 saturated carbocycles. The van der Waals surface area contributed by atoms with E-state index in [9.17, 15) is 9.59 Å². The number of ketones is 1. The highest BCUT2D eigenvalue weighted by molar-refractivity contribution is 5.99. The molecule has 1 aromatic rings. The molecule has 0 aliphatic heterocycles. The number of carboxylic acids is 1. The van der Waals surface area contributed by atoms with Crippen LogP contribution in [0.15, 0.2) is 24.3 Å². The van der Waals surface area contributed by atoms with Gasteiger partial charge in [0.05, 0.1) is 6.42 Å². The van der Waals surface area contributed by atoms with Gasteiger partial charge in [-0.05, 0) is 24.3 Å². The smallest absolute Gasteiger partial charge is 0.303 e. The highest BCUT2D eigenvalue weighted by Gasteiger charge is 2.27. The Bertz CT molecular complexity index is 419. The van der Waals surface area contributed by atoms with Crippen LogP contribution in [0.2, 0.25) is 0 Å². The minimum Gasteiger partial charge on any atom is -0.481 e. The largest absolute Gasteiger partial charge is 0.481 e. The van der Waals surface area contributed by atoms with E-state index in [2.05, 4.69) is 0 Å². The molecule has 3 nitrogen and oxygen atoms in total. The standard InChI is InChI=1S/C13H14O3/c14-12(7-8-13(15)16)11-4-2-1-3-10(11)9-5-6-9/h1-4,9H,5-8H2,(H,15,16). The number of carbonyl (C=O) groups is 2. The highest BCUT2D eigenvalue weighted by Crippen LogP contribution is 2.41. The summed E-state index contributed by atoms with van der Waals surface area (Å²) in [6.45, 7) is 0. The average Bonchev–Trinajstić information content (AvgIpc) is 3.09. The summed E-state index contributed by atoms with van der Waals surface area (Å²) < 4.78 is 0. The topological polar surface area (TPSA) is 54.4 Å². The van der Waals surface area contributed by atoms with Gasteiger partial charge in [-0.3, -0.25) is 9.59 Å². The van der Waals surface area contributed by atoms with Crippen LogP contribution in [-0.2, 0) is 4.79 Å². The lowest BCUT2D eigenvalue weighted by Crippen LogP contribution is -2.06. The lowest BCUT2D eigenvalue weighted by atomic mass is 9.97. The van der Waals surface area contributed by atoms with Crippen molar-refractivity contribution in [3.63, 3.8) is 0 Å². The fraction of sp³-hybridized carbons (Fsp3) is 0.385. The first kappa shape index (κ1) is 10.9. The van der Waals surface area contributed by atoms with Crippen LogP contribution in [0, 0.1) is 0 Å². The van der Waals surface area contributed by atoms with Crippen molar-refractivity contribution >= 4 is 11.8 Å². The molecule has 2 rings (SSSR count). The molecule has 16 heavy (non-hydrogen) atoms. The molecule has 0 spiro atoms. The van der Waals surface area contributed by atoms with Gasteiger partial charge >= 0.3 is 5.97 Å². The van der Waals surface area contributed by atoms with Gasteiger partial charge in [0.25, 0.3) is 0 Å².